The molecule has 21 heavy (non-hydrogen) atoms. The van der Waals surface area contributed by atoms with Crippen LogP contribution in [-0.4, -0.2) is 24.2 Å². The van der Waals surface area contributed by atoms with Crippen molar-refractivity contribution in [3.05, 3.63) is 29.8 Å². The molecule has 0 spiro atoms. The summed E-state index contributed by atoms with van der Waals surface area (Å²) in [5.41, 5.74) is 4.20. The SMILES string of the molecule is CC/C(=N/NC(=O)C1CC1)c1ccc(OCC(=O)[O-])cc1. The van der Waals surface area contributed by atoms with Gasteiger partial charge in [0, 0.05) is 5.92 Å². The van der Waals surface area contributed by atoms with E-state index in [-0.39, 0.29) is 11.8 Å². The lowest BCUT2D eigenvalue weighted by molar-refractivity contribution is -0.307. The Hall–Kier alpha value is -2.37. The molecule has 6 heteroatoms. The van der Waals surface area contributed by atoms with Gasteiger partial charge in [-0.1, -0.05) is 6.92 Å². The fourth-order valence-electron chi connectivity index (χ4n) is 1.79. The molecule has 1 saturated carbocycles. The van der Waals surface area contributed by atoms with Gasteiger partial charge in [-0.2, -0.15) is 5.10 Å². The molecule has 6 nitrogen and oxygen atoms in total. The molecule has 0 atom stereocenters. The molecule has 0 heterocycles. The van der Waals surface area contributed by atoms with Crippen molar-refractivity contribution >= 4 is 17.6 Å². The number of carboxylic acids is 1. The maximum Gasteiger partial charge on any atom is 0.243 e. The zero-order valence-electron chi connectivity index (χ0n) is 11.8. The van der Waals surface area contributed by atoms with Crippen LogP contribution in [0, 0.1) is 5.92 Å². The number of benzene rings is 1. The molecule has 1 aromatic rings. The van der Waals surface area contributed by atoms with Crippen LogP contribution in [0.5, 0.6) is 5.75 Å². The van der Waals surface area contributed by atoms with Crippen LogP contribution in [-0.2, 0) is 9.59 Å². The Labute approximate surface area is 122 Å². The number of carboxylic acid groups (broad SMARTS) is 1. The Morgan fingerprint density at radius 3 is 2.52 bits per heavy atom. The number of nitrogens with one attached hydrogen (secondary N) is 1. The van der Waals surface area contributed by atoms with Crippen molar-refractivity contribution in [1.29, 1.82) is 0 Å². The molecular formula is C15H17N2O4-. The molecule has 0 aliphatic heterocycles. The highest BCUT2D eigenvalue weighted by Crippen LogP contribution is 2.28. The van der Waals surface area contributed by atoms with E-state index >= 15 is 0 Å². The molecule has 112 valence electrons. The molecule has 0 unspecified atom stereocenters. The Kier molecular flexibility index (Phi) is 4.92. The number of rotatable bonds is 7. The highest BCUT2D eigenvalue weighted by Gasteiger charge is 2.29. The van der Waals surface area contributed by atoms with Gasteiger partial charge in [-0.15, -0.1) is 0 Å². The van der Waals surface area contributed by atoms with Crippen molar-refractivity contribution in [1.82, 2.24) is 5.43 Å². The summed E-state index contributed by atoms with van der Waals surface area (Å²) in [7, 11) is 0. The normalized spacial score (nSPS) is 14.6. The summed E-state index contributed by atoms with van der Waals surface area (Å²) in [6, 6.07) is 6.87. The van der Waals surface area contributed by atoms with E-state index in [1.165, 1.54) is 0 Å². The Bertz CT molecular complexity index is 547. The summed E-state index contributed by atoms with van der Waals surface area (Å²) in [6.07, 6.45) is 2.55. The summed E-state index contributed by atoms with van der Waals surface area (Å²) in [5, 5.41) is 14.5. The first kappa shape index (κ1) is 15.0. The number of ether oxygens (including phenoxy) is 1. The third-order valence-corrected chi connectivity index (χ3v) is 3.13. The summed E-state index contributed by atoms with van der Waals surface area (Å²) in [5.74, 6) is -0.736. The number of hydrogen-bond acceptors (Lipinski definition) is 5. The zero-order valence-corrected chi connectivity index (χ0v) is 11.8. The summed E-state index contributed by atoms with van der Waals surface area (Å²) >= 11 is 0. The topological polar surface area (TPSA) is 90.8 Å². The lowest BCUT2D eigenvalue weighted by Crippen LogP contribution is -2.28. The molecule has 0 aromatic heterocycles. The maximum atomic E-state index is 11.6. The zero-order chi connectivity index (χ0) is 15.2. The highest BCUT2D eigenvalue weighted by molar-refractivity contribution is 6.01. The van der Waals surface area contributed by atoms with Crippen LogP contribution < -0.4 is 15.3 Å². The second kappa shape index (κ2) is 6.88. The van der Waals surface area contributed by atoms with Crippen molar-refractivity contribution in [2.75, 3.05) is 6.61 Å². The fraction of sp³-hybridized carbons (Fsp3) is 0.400. The van der Waals surface area contributed by atoms with E-state index in [2.05, 4.69) is 10.5 Å². The van der Waals surface area contributed by atoms with Crippen molar-refractivity contribution in [3.8, 4) is 5.75 Å². The Morgan fingerprint density at radius 1 is 1.33 bits per heavy atom. The van der Waals surface area contributed by atoms with Crippen LogP contribution in [0.1, 0.15) is 31.7 Å². The van der Waals surface area contributed by atoms with Crippen molar-refractivity contribution in [3.63, 3.8) is 0 Å². The average Bonchev–Trinajstić information content (AvgIpc) is 3.31. The molecule has 1 N–H and O–H groups in total. The van der Waals surface area contributed by atoms with Gasteiger partial charge in [0.1, 0.15) is 12.4 Å². The minimum Gasteiger partial charge on any atom is -0.546 e. The number of carbonyl (C=O) groups excluding carboxylic acids is 2. The number of amides is 1. The lowest BCUT2D eigenvalue weighted by Gasteiger charge is -2.08. The Morgan fingerprint density at radius 2 is 2.00 bits per heavy atom. The molecule has 1 aliphatic carbocycles. The van der Waals surface area contributed by atoms with E-state index < -0.39 is 12.6 Å². The van der Waals surface area contributed by atoms with E-state index in [0.29, 0.717) is 12.2 Å². The summed E-state index contributed by atoms with van der Waals surface area (Å²) in [6.45, 7) is 1.47. The van der Waals surface area contributed by atoms with E-state index in [4.69, 9.17) is 4.74 Å². The predicted octanol–water partition coefficient (Wildman–Crippen LogP) is 0.456. The first-order valence-electron chi connectivity index (χ1n) is 6.89. The molecule has 0 radical (unpaired) electrons. The molecule has 1 aliphatic rings. The quantitative estimate of drug-likeness (QED) is 0.583. The van der Waals surface area contributed by atoms with Crippen LogP contribution in [0.15, 0.2) is 29.4 Å². The average molecular weight is 289 g/mol. The van der Waals surface area contributed by atoms with Crippen LogP contribution in [0.25, 0.3) is 0 Å². The molecule has 0 saturated heterocycles. The van der Waals surface area contributed by atoms with Gasteiger partial charge in [0.05, 0.1) is 11.7 Å². The predicted molar refractivity (Wildman–Crippen MR) is 74.6 cm³/mol. The van der Waals surface area contributed by atoms with E-state index in [0.717, 1.165) is 24.1 Å². The first-order valence-corrected chi connectivity index (χ1v) is 6.89. The smallest absolute Gasteiger partial charge is 0.243 e. The van der Waals surface area contributed by atoms with Crippen LogP contribution in [0.4, 0.5) is 0 Å². The second-order valence-electron chi connectivity index (χ2n) is 4.85. The maximum absolute atomic E-state index is 11.6. The van der Waals surface area contributed by atoms with Gasteiger partial charge >= 0.3 is 0 Å². The highest BCUT2D eigenvalue weighted by atomic mass is 16.5. The van der Waals surface area contributed by atoms with Crippen molar-refractivity contribution < 1.29 is 19.4 Å². The number of hydrogen-bond donors (Lipinski definition) is 1. The van der Waals surface area contributed by atoms with E-state index in [1.54, 1.807) is 24.3 Å². The van der Waals surface area contributed by atoms with Gasteiger partial charge in [-0.25, -0.2) is 5.43 Å². The number of carbonyl (C=O) groups is 2. The largest absolute Gasteiger partial charge is 0.546 e. The summed E-state index contributed by atoms with van der Waals surface area (Å²) in [4.78, 5) is 21.9. The monoisotopic (exact) mass is 289 g/mol. The van der Waals surface area contributed by atoms with Crippen molar-refractivity contribution in [2.45, 2.75) is 26.2 Å². The molecule has 2 rings (SSSR count). The fourth-order valence-corrected chi connectivity index (χ4v) is 1.79. The first-order chi connectivity index (χ1) is 10.1. The minimum absolute atomic E-state index is 0.0325. The van der Waals surface area contributed by atoms with Crippen molar-refractivity contribution in [2.24, 2.45) is 11.0 Å². The standard InChI is InChI=1S/C15H18N2O4/c1-2-13(16-17-15(20)11-3-4-11)10-5-7-12(8-6-10)21-9-14(18)19/h5-8,11H,2-4,9H2,1H3,(H,17,20)(H,18,19)/p-1/b16-13-. The number of aliphatic carboxylic acids is 1. The second-order valence-corrected chi connectivity index (χ2v) is 4.85. The van der Waals surface area contributed by atoms with Gasteiger partial charge in [0.15, 0.2) is 0 Å². The number of nitrogens with zero attached hydrogens (tertiary/aromatic N) is 1. The molecular weight excluding hydrogens is 272 g/mol. The van der Waals surface area contributed by atoms with Gasteiger partial charge in [-0.05, 0) is 49.1 Å². The van der Waals surface area contributed by atoms with Gasteiger partial charge < -0.3 is 14.6 Å². The minimum atomic E-state index is -1.27. The van der Waals surface area contributed by atoms with E-state index in [1.807, 2.05) is 6.92 Å². The lowest BCUT2D eigenvalue weighted by atomic mass is 10.1. The third kappa shape index (κ3) is 4.59. The molecule has 0 bridgehead atoms. The van der Waals surface area contributed by atoms with Gasteiger partial charge in [0.2, 0.25) is 5.91 Å². The Balaban J connectivity index is 1.98. The molecule has 1 amide bonds. The molecule has 1 aromatic carbocycles. The summed E-state index contributed by atoms with van der Waals surface area (Å²) < 4.78 is 5.00. The van der Waals surface area contributed by atoms with Crippen LogP contribution in [0.2, 0.25) is 0 Å². The van der Waals surface area contributed by atoms with Gasteiger partial charge in [0.25, 0.3) is 0 Å². The van der Waals surface area contributed by atoms with Crippen LogP contribution in [0.3, 0.4) is 0 Å². The van der Waals surface area contributed by atoms with Gasteiger partial charge in [-0.3, -0.25) is 4.79 Å². The number of hydrazone groups is 1. The van der Waals surface area contributed by atoms with E-state index in [9.17, 15) is 14.7 Å². The molecule has 1 fully saturated rings. The van der Waals surface area contributed by atoms with Crippen LogP contribution >= 0.6 is 0 Å². The third-order valence-electron chi connectivity index (χ3n) is 3.13.